The van der Waals surface area contributed by atoms with Gasteiger partial charge in [-0.15, -0.1) is 11.3 Å². The van der Waals surface area contributed by atoms with Crippen molar-refractivity contribution in [2.75, 3.05) is 13.2 Å². The van der Waals surface area contributed by atoms with Gasteiger partial charge in [0.15, 0.2) is 11.5 Å². The highest BCUT2D eigenvalue weighted by atomic mass is 32.1. The van der Waals surface area contributed by atoms with Gasteiger partial charge in [-0.25, -0.2) is 4.98 Å². The first-order valence-electron chi connectivity index (χ1n) is 7.71. The maximum atomic E-state index is 9.54. The fourth-order valence-corrected chi connectivity index (χ4v) is 3.31. The largest absolute Gasteiger partial charge is 0.486 e. The maximum absolute atomic E-state index is 9.54. The fourth-order valence-electron chi connectivity index (χ4n) is 2.51. The van der Waals surface area contributed by atoms with Crippen molar-refractivity contribution >= 4 is 23.0 Å². The van der Waals surface area contributed by atoms with Gasteiger partial charge in [0.1, 0.15) is 24.3 Å². The second-order valence-electron chi connectivity index (χ2n) is 5.35. The Morgan fingerprint density at radius 1 is 1.12 bits per heavy atom. The van der Waals surface area contributed by atoms with Gasteiger partial charge in [0.2, 0.25) is 0 Å². The molecule has 0 atom stereocenters. The quantitative estimate of drug-likeness (QED) is 0.669. The molecule has 0 amide bonds. The maximum Gasteiger partial charge on any atom is 0.161 e. The molecular weight excluding hydrogens is 334 g/mol. The predicted molar refractivity (Wildman–Crippen MR) is 96.3 cm³/mol. The van der Waals surface area contributed by atoms with Crippen molar-refractivity contribution in [3.8, 4) is 28.8 Å². The molecule has 0 fully saturated rings. The molecule has 0 N–H and O–H groups in total. The fraction of sp³-hybridized carbons (Fsp3) is 0.105. The Kier molecular flexibility index (Phi) is 4.15. The van der Waals surface area contributed by atoms with E-state index in [9.17, 15) is 5.26 Å². The molecule has 0 saturated heterocycles. The van der Waals surface area contributed by atoms with Crippen molar-refractivity contribution in [1.82, 2.24) is 9.97 Å². The smallest absolute Gasteiger partial charge is 0.161 e. The van der Waals surface area contributed by atoms with Crippen LogP contribution in [0, 0.1) is 11.3 Å². The van der Waals surface area contributed by atoms with E-state index in [0.717, 1.165) is 22.6 Å². The van der Waals surface area contributed by atoms with E-state index in [1.165, 1.54) is 11.3 Å². The number of pyridine rings is 1. The summed E-state index contributed by atoms with van der Waals surface area (Å²) < 4.78 is 11.1. The number of rotatable bonds is 3. The lowest BCUT2D eigenvalue weighted by Gasteiger charge is -2.18. The summed E-state index contributed by atoms with van der Waals surface area (Å²) in [5.74, 6) is 1.44. The van der Waals surface area contributed by atoms with Gasteiger partial charge in [-0.3, -0.25) is 4.98 Å². The molecule has 0 spiro atoms. The molecule has 5 nitrogen and oxygen atoms in total. The van der Waals surface area contributed by atoms with E-state index in [2.05, 4.69) is 16.0 Å². The first kappa shape index (κ1) is 15.4. The molecule has 3 heterocycles. The number of fused-ring (bicyclic) bond motifs is 1. The molecule has 0 bridgehead atoms. The highest BCUT2D eigenvalue weighted by Crippen LogP contribution is 2.33. The molecule has 1 aliphatic rings. The number of hydrogen-bond donors (Lipinski definition) is 0. The molecule has 0 aliphatic carbocycles. The van der Waals surface area contributed by atoms with E-state index in [1.807, 2.05) is 41.8 Å². The number of hydrogen-bond acceptors (Lipinski definition) is 6. The zero-order valence-electron chi connectivity index (χ0n) is 13.2. The van der Waals surface area contributed by atoms with Gasteiger partial charge in [-0.05, 0) is 35.9 Å². The molecule has 0 saturated carbocycles. The van der Waals surface area contributed by atoms with Crippen molar-refractivity contribution in [2.24, 2.45) is 0 Å². The summed E-state index contributed by atoms with van der Waals surface area (Å²) in [6, 6.07) is 11.7. The lowest BCUT2D eigenvalue weighted by Crippen LogP contribution is -2.15. The van der Waals surface area contributed by atoms with Crippen LogP contribution >= 0.6 is 11.3 Å². The Morgan fingerprint density at radius 3 is 2.72 bits per heavy atom. The lowest BCUT2D eigenvalue weighted by atomic mass is 10.1. The molecular formula is C19H13N3O2S. The molecule has 25 heavy (non-hydrogen) atoms. The molecule has 0 unspecified atom stereocenters. The first-order valence-corrected chi connectivity index (χ1v) is 8.59. The third-order valence-corrected chi connectivity index (χ3v) is 4.58. The first-order chi connectivity index (χ1) is 12.3. The number of benzene rings is 1. The minimum absolute atomic E-state index is 0.516. The Hall–Kier alpha value is -3.17. The summed E-state index contributed by atoms with van der Waals surface area (Å²) >= 11 is 1.45. The van der Waals surface area contributed by atoms with Gasteiger partial charge in [0, 0.05) is 23.3 Å². The number of allylic oxidation sites excluding steroid dienone is 1. The van der Waals surface area contributed by atoms with E-state index in [-0.39, 0.29) is 0 Å². The third kappa shape index (κ3) is 3.23. The van der Waals surface area contributed by atoms with Crippen LogP contribution < -0.4 is 9.47 Å². The van der Waals surface area contributed by atoms with Gasteiger partial charge >= 0.3 is 0 Å². The molecule has 122 valence electrons. The summed E-state index contributed by atoms with van der Waals surface area (Å²) in [4.78, 5) is 8.59. The van der Waals surface area contributed by atoms with Crippen LogP contribution in [0.15, 0.2) is 48.1 Å². The molecule has 3 aromatic rings. The average molecular weight is 347 g/mol. The summed E-state index contributed by atoms with van der Waals surface area (Å²) in [5.41, 5.74) is 3.21. The van der Waals surface area contributed by atoms with Gasteiger partial charge in [0.05, 0.1) is 11.3 Å². The molecule has 0 radical (unpaired) electrons. The molecule has 6 heteroatoms. The Balaban J connectivity index is 1.66. The summed E-state index contributed by atoms with van der Waals surface area (Å²) in [7, 11) is 0. The zero-order valence-corrected chi connectivity index (χ0v) is 14.0. The number of nitriles is 1. The number of nitrogens with zero attached hydrogens (tertiary/aromatic N) is 3. The zero-order chi connectivity index (χ0) is 17.1. The van der Waals surface area contributed by atoms with E-state index in [0.29, 0.717) is 29.5 Å². The van der Waals surface area contributed by atoms with Gasteiger partial charge in [0.25, 0.3) is 0 Å². The minimum Gasteiger partial charge on any atom is -0.486 e. The van der Waals surface area contributed by atoms with Crippen molar-refractivity contribution in [3.05, 3.63) is 58.7 Å². The summed E-state index contributed by atoms with van der Waals surface area (Å²) in [6.07, 6.45) is 5.27. The Bertz CT molecular complexity index is 974. The van der Waals surface area contributed by atoms with Crippen LogP contribution in [0.2, 0.25) is 0 Å². The molecule has 4 rings (SSSR count). The van der Waals surface area contributed by atoms with Crippen LogP contribution in [0.3, 0.4) is 0 Å². The van der Waals surface area contributed by atoms with E-state index in [1.54, 1.807) is 12.4 Å². The monoisotopic (exact) mass is 347 g/mol. The third-order valence-electron chi connectivity index (χ3n) is 3.71. The minimum atomic E-state index is 0.516. The summed E-state index contributed by atoms with van der Waals surface area (Å²) in [5, 5.41) is 12.2. The molecule has 1 aromatic carbocycles. The molecule has 2 aromatic heterocycles. The van der Waals surface area contributed by atoms with Crippen molar-refractivity contribution in [3.63, 3.8) is 0 Å². The number of thiazole rings is 1. The van der Waals surface area contributed by atoms with Crippen LogP contribution in [0.4, 0.5) is 0 Å². The van der Waals surface area contributed by atoms with E-state index >= 15 is 0 Å². The average Bonchev–Trinajstić information content (AvgIpc) is 3.17. The lowest BCUT2D eigenvalue weighted by molar-refractivity contribution is 0.171. The highest BCUT2D eigenvalue weighted by molar-refractivity contribution is 7.11. The number of ether oxygens (including phenoxy) is 2. The van der Waals surface area contributed by atoms with Crippen LogP contribution in [-0.2, 0) is 0 Å². The van der Waals surface area contributed by atoms with Gasteiger partial charge in [-0.2, -0.15) is 5.26 Å². The van der Waals surface area contributed by atoms with Crippen molar-refractivity contribution in [2.45, 2.75) is 0 Å². The van der Waals surface area contributed by atoms with E-state index in [4.69, 9.17) is 9.47 Å². The Labute approximate surface area is 148 Å². The van der Waals surface area contributed by atoms with Crippen LogP contribution in [0.25, 0.3) is 22.9 Å². The van der Waals surface area contributed by atoms with Gasteiger partial charge in [-0.1, -0.05) is 6.07 Å². The van der Waals surface area contributed by atoms with Crippen molar-refractivity contribution < 1.29 is 9.47 Å². The second kappa shape index (κ2) is 6.75. The van der Waals surface area contributed by atoms with Crippen LogP contribution in [0.1, 0.15) is 10.6 Å². The van der Waals surface area contributed by atoms with Crippen LogP contribution in [0.5, 0.6) is 11.5 Å². The normalized spacial score (nSPS) is 13.3. The Morgan fingerprint density at radius 2 is 1.92 bits per heavy atom. The highest BCUT2D eigenvalue weighted by Gasteiger charge is 2.13. The second-order valence-corrected chi connectivity index (χ2v) is 6.20. The number of aromatic nitrogens is 2. The molecule has 1 aliphatic heterocycles. The predicted octanol–water partition coefficient (Wildman–Crippen LogP) is 4.04. The topological polar surface area (TPSA) is 68.0 Å². The van der Waals surface area contributed by atoms with Crippen LogP contribution in [-0.4, -0.2) is 23.2 Å². The van der Waals surface area contributed by atoms with Crippen molar-refractivity contribution in [1.29, 1.82) is 5.26 Å². The SMILES string of the molecule is N#C/C(=C/c1ccc2c(c1)OCCO2)c1nc(-c2ccncc2)cs1. The van der Waals surface area contributed by atoms with Gasteiger partial charge < -0.3 is 9.47 Å². The standard InChI is InChI=1S/C19H13N3O2S/c20-11-15(9-13-1-2-17-18(10-13)24-8-7-23-17)19-22-16(12-25-19)14-3-5-21-6-4-14/h1-6,9-10,12H,7-8H2/b15-9-. The van der Waals surface area contributed by atoms with E-state index < -0.39 is 0 Å². The summed E-state index contributed by atoms with van der Waals surface area (Å²) in [6.45, 7) is 1.09.